The fourth-order valence-corrected chi connectivity index (χ4v) is 6.92. The van der Waals surface area contributed by atoms with E-state index in [1.807, 2.05) is 51.3 Å². The third-order valence-electron chi connectivity index (χ3n) is 9.95. The number of carbonyl (C=O) groups is 2. The Labute approximate surface area is 310 Å². The SMILES string of the molecule is CC(C)(C)OC(=O)N1CCC(Cc2cccc(B3OC(C)(C)C(C)(C)O3)c2)CC1.CC(C)(C)OC(=O)N1CCC(Cc2cccc(Br)c2)CC1. The van der Waals surface area contributed by atoms with Crippen molar-refractivity contribution in [1.82, 2.24) is 9.80 Å². The van der Waals surface area contributed by atoms with E-state index in [4.69, 9.17) is 18.8 Å². The normalized spacial score (nSPS) is 19.9. The van der Waals surface area contributed by atoms with Crippen molar-refractivity contribution in [2.45, 2.75) is 130 Å². The molecule has 2 aromatic rings. The van der Waals surface area contributed by atoms with Gasteiger partial charge in [0.1, 0.15) is 11.2 Å². The van der Waals surface area contributed by atoms with E-state index in [0.29, 0.717) is 11.8 Å². The molecule has 276 valence electrons. The summed E-state index contributed by atoms with van der Waals surface area (Å²) < 4.78 is 24.4. The average Bonchev–Trinajstić information content (AvgIpc) is 3.23. The van der Waals surface area contributed by atoms with Crippen LogP contribution in [0.15, 0.2) is 53.0 Å². The van der Waals surface area contributed by atoms with Gasteiger partial charge in [-0.05, 0) is 148 Å². The molecule has 0 aromatic heterocycles. The molecule has 3 aliphatic heterocycles. The molecule has 0 saturated carbocycles. The second-order valence-electron chi connectivity index (χ2n) is 17.2. The number of benzene rings is 2. The number of hydrogen-bond acceptors (Lipinski definition) is 6. The number of likely N-dealkylation sites (tertiary alicyclic amines) is 2. The van der Waals surface area contributed by atoms with E-state index in [2.05, 4.69) is 92.2 Å². The van der Waals surface area contributed by atoms with Crippen LogP contribution >= 0.6 is 15.9 Å². The van der Waals surface area contributed by atoms with Gasteiger partial charge in [0, 0.05) is 30.7 Å². The van der Waals surface area contributed by atoms with E-state index in [-0.39, 0.29) is 30.5 Å². The van der Waals surface area contributed by atoms with E-state index in [0.717, 1.165) is 74.6 Å². The Kier molecular flexibility index (Phi) is 13.2. The first-order chi connectivity index (χ1) is 23.2. The van der Waals surface area contributed by atoms with E-state index < -0.39 is 11.2 Å². The summed E-state index contributed by atoms with van der Waals surface area (Å²) in [5, 5.41) is 0. The van der Waals surface area contributed by atoms with Crippen LogP contribution in [0.3, 0.4) is 0 Å². The molecule has 5 rings (SSSR count). The summed E-state index contributed by atoms with van der Waals surface area (Å²) in [6.07, 6.45) is 5.82. The molecule has 0 spiro atoms. The molecule has 0 bridgehead atoms. The van der Waals surface area contributed by atoms with Crippen LogP contribution in [-0.2, 0) is 31.6 Å². The lowest BCUT2D eigenvalue weighted by Crippen LogP contribution is -2.42. The zero-order valence-corrected chi connectivity index (χ0v) is 33.7. The summed E-state index contributed by atoms with van der Waals surface area (Å²) in [6, 6.07) is 17.0. The molecular weight excluding hydrogens is 695 g/mol. The van der Waals surface area contributed by atoms with Gasteiger partial charge in [0.15, 0.2) is 0 Å². The third-order valence-corrected chi connectivity index (χ3v) is 10.4. The van der Waals surface area contributed by atoms with Crippen molar-refractivity contribution < 1.29 is 28.4 Å². The van der Waals surface area contributed by atoms with Crippen LogP contribution < -0.4 is 5.46 Å². The highest BCUT2D eigenvalue weighted by molar-refractivity contribution is 9.10. The fourth-order valence-electron chi connectivity index (χ4n) is 6.47. The van der Waals surface area contributed by atoms with Crippen molar-refractivity contribution in [3.05, 3.63) is 64.1 Å². The molecule has 3 aliphatic rings. The maximum Gasteiger partial charge on any atom is 0.494 e. The van der Waals surface area contributed by atoms with E-state index in [1.165, 1.54) is 11.1 Å². The number of hydrogen-bond donors (Lipinski definition) is 0. The van der Waals surface area contributed by atoms with E-state index in [9.17, 15) is 9.59 Å². The van der Waals surface area contributed by atoms with Crippen LogP contribution in [0.25, 0.3) is 0 Å². The average molecular weight is 756 g/mol. The molecule has 2 amide bonds. The molecule has 0 radical (unpaired) electrons. The van der Waals surface area contributed by atoms with Gasteiger partial charge in [-0.2, -0.15) is 0 Å². The lowest BCUT2D eigenvalue weighted by molar-refractivity contribution is 0.00578. The maximum absolute atomic E-state index is 12.3. The zero-order valence-electron chi connectivity index (χ0n) is 32.1. The minimum Gasteiger partial charge on any atom is -0.444 e. The lowest BCUT2D eigenvalue weighted by Gasteiger charge is -2.33. The van der Waals surface area contributed by atoms with Gasteiger partial charge in [0.2, 0.25) is 0 Å². The first kappa shape index (κ1) is 40.2. The topological polar surface area (TPSA) is 77.5 Å². The van der Waals surface area contributed by atoms with Crippen LogP contribution in [0.4, 0.5) is 9.59 Å². The second-order valence-corrected chi connectivity index (χ2v) is 18.1. The highest BCUT2D eigenvalue weighted by atomic mass is 79.9. The van der Waals surface area contributed by atoms with Crippen molar-refractivity contribution in [3.63, 3.8) is 0 Å². The Morgan fingerprint density at radius 1 is 0.720 bits per heavy atom. The number of piperidine rings is 2. The summed E-state index contributed by atoms with van der Waals surface area (Å²) in [7, 11) is -0.325. The van der Waals surface area contributed by atoms with Crippen molar-refractivity contribution in [1.29, 1.82) is 0 Å². The van der Waals surface area contributed by atoms with Crippen molar-refractivity contribution in [2.24, 2.45) is 11.8 Å². The Morgan fingerprint density at radius 3 is 1.52 bits per heavy atom. The van der Waals surface area contributed by atoms with Gasteiger partial charge in [-0.1, -0.05) is 52.3 Å². The maximum atomic E-state index is 12.3. The number of nitrogens with zero attached hydrogens (tertiary/aromatic N) is 2. The van der Waals surface area contributed by atoms with Gasteiger partial charge in [-0.15, -0.1) is 0 Å². The molecule has 3 heterocycles. The highest BCUT2D eigenvalue weighted by Gasteiger charge is 2.51. The number of amides is 2. The minimum atomic E-state index is -0.443. The Hall–Kier alpha value is -2.56. The molecule has 0 aliphatic carbocycles. The Balaban J connectivity index is 0.000000237. The zero-order chi connectivity index (χ0) is 36.9. The van der Waals surface area contributed by atoms with Gasteiger partial charge in [-0.25, -0.2) is 9.59 Å². The first-order valence-electron chi connectivity index (χ1n) is 18.3. The third kappa shape index (κ3) is 12.0. The van der Waals surface area contributed by atoms with Gasteiger partial charge in [0.25, 0.3) is 0 Å². The number of ether oxygens (including phenoxy) is 2. The molecule has 0 atom stereocenters. The summed E-state index contributed by atoms with van der Waals surface area (Å²) in [4.78, 5) is 27.9. The van der Waals surface area contributed by atoms with Crippen LogP contribution in [0.5, 0.6) is 0 Å². The van der Waals surface area contributed by atoms with Crippen LogP contribution in [0.2, 0.25) is 0 Å². The van der Waals surface area contributed by atoms with Crippen LogP contribution in [0.1, 0.15) is 106 Å². The Morgan fingerprint density at radius 2 is 1.12 bits per heavy atom. The Bertz CT molecular complexity index is 1420. The predicted octanol–water partition coefficient (Wildman–Crippen LogP) is 8.81. The molecule has 3 fully saturated rings. The molecule has 0 unspecified atom stereocenters. The smallest absolute Gasteiger partial charge is 0.444 e. The molecule has 50 heavy (non-hydrogen) atoms. The molecule has 3 saturated heterocycles. The van der Waals surface area contributed by atoms with E-state index in [1.54, 1.807) is 0 Å². The van der Waals surface area contributed by atoms with Crippen molar-refractivity contribution in [2.75, 3.05) is 26.2 Å². The predicted molar refractivity (Wildman–Crippen MR) is 205 cm³/mol. The monoisotopic (exact) mass is 754 g/mol. The molecule has 10 heteroatoms. The van der Waals surface area contributed by atoms with Crippen LogP contribution in [0, 0.1) is 11.8 Å². The highest BCUT2D eigenvalue weighted by Crippen LogP contribution is 2.36. The summed E-state index contributed by atoms with van der Waals surface area (Å²) in [6.45, 7) is 22.9. The lowest BCUT2D eigenvalue weighted by atomic mass is 9.77. The molecule has 2 aromatic carbocycles. The summed E-state index contributed by atoms with van der Waals surface area (Å²) >= 11 is 3.51. The number of rotatable bonds is 5. The quantitative estimate of drug-likeness (QED) is 0.284. The van der Waals surface area contributed by atoms with Gasteiger partial charge < -0.3 is 28.6 Å². The molecule has 0 N–H and O–H groups in total. The fraction of sp³-hybridized carbons (Fsp3) is 0.650. The van der Waals surface area contributed by atoms with Crippen LogP contribution in [-0.4, -0.2) is 77.7 Å². The second kappa shape index (κ2) is 16.4. The van der Waals surface area contributed by atoms with Gasteiger partial charge in [-0.3, -0.25) is 0 Å². The van der Waals surface area contributed by atoms with E-state index >= 15 is 0 Å². The van der Waals surface area contributed by atoms with Crippen molar-refractivity contribution >= 4 is 40.7 Å². The number of carbonyl (C=O) groups excluding carboxylic acids is 2. The van der Waals surface area contributed by atoms with Gasteiger partial charge >= 0.3 is 19.3 Å². The van der Waals surface area contributed by atoms with Crippen molar-refractivity contribution in [3.8, 4) is 0 Å². The number of halogens is 1. The molecular formula is C40H60BBrN2O6. The summed E-state index contributed by atoms with van der Waals surface area (Å²) in [5.74, 6) is 1.22. The largest absolute Gasteiger partial charge is 0.494 e. The molecule has 8 nitrogen and oxygen atoms in total. The standard InChI is InChI=1S/C23H36BNO4.C17H24BrNO2/c1-21(2,3)27-20(26)25-13-11-17(12-14-25)15-18-9-8-10-19(16-18)24-28-22(4,5)23(6,7)29-24;1-17(2,3)21-16(20)19-9-7-13(8-10-19)11-14-5-4-6-15(18)12-14/h8-10,16-17H,11-15H2,1-7H3;4-6,12-13H,7-11H2,1-3H3. The minimum absolute atomic E-state index is 0.177. The first-order valence-corrected chi connectivity index (χ1v) is 19.1. The van der Waals surface area contributed by atoms with Gasteiger partial charge in [0.05, 0.1) is 11.2 Å². The summed E-state index contributed by atoms with van der Waals surface area (Å²) in [5.41, 5.74) is 2.22.